The summed E-state index contributed by atoms with van der Waals surface area (Å²) >= 11 is 0. The van der Waals surface area contributed by atoms with Crippen molar-refractivity contribution in [2.24, 2.45) is 0 Å². The first-order valence-corrected chi connectivity index (χ1v) is 12.9. The van der Waals surface area contributed by atoms with E-state index in [2.05, 4.69) is 17.2 Å². The third-order valence-electron chi connectivity index (χ3n) is 7.84. The maximum atomic E-state index is 13.1. The minimum atomic E-state index is -0.280. The standard InChI is InChI=1S/C30H29N3O4/c1-37-21-10-11-26-24(17-21)25(18-31-26)19-12-15-32(16-13-19)27(34)9-4-14-33-29(35)22-7-2-5-20-6-3-8-23(28(20)22)30(33)36/h2-3,5-8,10-11,17-19,31H,4,9,12-16H2,1H3. The van der Waals surface area contributed by atoms with E-state index in [9.17, 15) is 14.4 Å². The fourth-order valence-electron chi connectivity index (χ4n) is 5.86. The smallest absolute Gasteiger partial charge is 0.261 e. The van der Waals surface area contributed by atoms with Gasteiger partial charge in [-0.15, -0.1) is 0 Å². The van der Waals surface area contributed by atoms with Crippen molar-refractivity contribution < 1.29 is 19.1 Å². The van der Waals surface area contributed by atoms with Crippen LogP contribution in [0.25, 0.3) is 21.7 Å². The minimum Gasteiger partial charge on any atom is -0.497 e. The van der Waals surface area contributed by atoms with Crippen LogP contribution in [0.15, 0.2) is 60.8 Å². The highest BCUT2D eigenvalue weighted by molar-refractivity contribution is 6.25. The van der Waals surface area contributed by atoms with Crippen molar-refractivity contribution in [3.05, 3.63) is 77.5 Å². The molecule has 0 atom stereocenters. The summed E-state index contributed by atoms with van der Waals surface area (Å²) in [5, 5.41) is 2.79. The minimum absolute atomic E-state index is 0.0819. The Kier molecular flexibility index (Phi) is 5.91. The van der Waals surface area contributed by atoms with Crippen molar-refractivity contribution >= 4 is 39.4 Å². The molecule has 7 nitrogen and oxygen atoms in total. The molecule has 37 heavy (non-hydrogen) atoms. The maximum Gasteiger partial charge on any atom is 0.261 e. The third kappa shape index (κ3) is 4.04. The number of carbonyl (C=O) groups excluding carboxylic acids is 3. The van der Waals surface area contributed by atoms with Gasteiger partial charge in [-0.1, -0.05) is 24.3 Å². The van der Waals surface area contributed by atoms with Crippen molar-refractivity contribution in [1.29, 1.82) is 0 Å². The molecule has 2 aliphatic heterocycles. The summed E-state index contributed by atoms with van der Waals surface area (Å²) in [7, 11) is 1.67. The van der Waals surface area contributed by atoms with Crippen LogP contribution in [0.1, 0.15) is 57.9 Å². The molecule has 6 rings (SSSR count). The van der Waals surface area contributed by atoms with E-state index in [4.69, 9.17) is 4.74 Å². The molecule has 0 saturated carbocycles. The molecule has 1 fully saturated rings. The first-order valence-electron chi connectivity index (χ1n) is 12.9. The van der Waals surface area contributed by atoms with Crippen LogP contribution in [0, 0.1) is 0 Å². The van der Waals surface area contributed by atoms with Gasteiger partial charge in [0.15, 0.2) is 0 Å². The predicted octanol–water partition coefficient (Wildman–Crippen LogP) is 5.11. The Bertz CT molecular complexity index is 1480. The number of nitrogens with zero attached hydrogens (tertiary/aromatic N) is 2. The first kappa shape index (κ1) is 23.3. The Labute approximate surface area is 215 Å². The van der Waals surface area contributed by atoms with E-state index in [1.54, 1.807) is 19.2 Å². The predicted molar refractivity (Wildman–Crippen MR) is 142 cm³/mol. The van der Waals surface area contributed by atoms with Gasteiger partial charge in [0.1, 0.15) is 5.75 Å². The summed E-state index contributed by atoms with van der Waals surface area (Å²) in [4.78, 5) is 45.7. The summed E-state index contributed by atoms with van der Waals surface area (Å²) in [5.74, 6) is 0.748. The number of piperidine rings is 1. The van der Waals surface area contributed by atoms with Crippen molar-refractivity contribution in [2.45, 2.75) is 31.6 Å². The number of rotatable bonds is 6. The topological polar surface area (TPSA) is 82.7 Å². The largest absolute Gasteiger partial charge is 0.497 e. The van der Waals surface area contributed by atoms with E-state index >= 15 is 0 Å². The van der Waals surface area contributed by atoms with Crippen LogP contribution in [0.3, 0.4) is 0 Å². The monoisotopic (exact) mass is 495 g/mol. The highest BCUT2D eigenvalue weighted by Crippen LogP contribution is 2.35. The number of ether oxygens (including phenoxy) is 1. The number of aromatic nitrogens is 1. The number of carbonyl (C=O) groups is 3. The van der Waals surface area contributed by atoms with Gasteiger partial charge in [0.05, 0.1) is 7.11 Å². The second kappa shape index (κ2) is 9.39. The van der Waals surface area contributed by atoms with Crippen molar-refractivity contribution in [3.8, 4) is 5.75 Å². The van der Waals surface area contributed by atoms with Crippen LogP contribution in [0.2, 0.25) is 0 Å². The van der Waals surface area contributed by atoms with Crippen LogP contribution >= 0.6 is 0 Å². The quantitative estimate of drug-likeness (QED) is 0.377. The molecule has 3 aromatic carbocycles. The van der Waals surface area contributed by atoms with E-state index in [0.717, 1.165) is 34.9 Å². The van der Waals surface area contributed by atoms with Gasteiger partial charge in [0, 0.05) is 59.7 Å². The van der Waals surface area contributed by atoms with Gasteiger partial charge in [-0.2, -0.15) is 0 Å². The van der Waals surface area contributed by atoms with Crippen molar-refractivity contribution in [1.82, 2.24) is 14.8 Å². The highest BCUT2D eigenvalue weighted by Gasteiger charge is 2.32. The molecule has 3 heterocycles. The Morgan fingerprint density at radius 2 is 1.70 bits per heavy atom. The third-order valence-corrected chi connectivity index (χ3v) is 7.84. The normalized spacial score (nSPS) is 16.1. The molecule has 188 valence electrons. The molecule has 0 bridgehead atoms. The number of H-pyrrole nitrogens is 1. The Morgan fingerprint density at radius 3 is 2.38 bits per heavy atom. The molecule has 0 aliphatic carbocycles. The van der Waals surface area contributed by atoms with Crippen molar-refractivity contribution in [2.75, 3.05) is 26.7 Å². The zero-order chi connectivity index (χ0) is 25.5. The number of aromatic amines is 1. The second-order valence-electron chi connectivity index (χ2n) is 9.89. The van der Waals surface area contributed by atoms with Crippen LogP contribution in [0.4, 0.5) is 0 Å². The van der Waals surface area contributed by atoms with Gasteiger partial charge in [-0.05, 0) is 66.5 Å². The van der Waals surface area contributed by atoms with Gasteiger partial charge in [0.25, 0.3) is 11.8 Å². The lowest BCUT2D eigenvalue weighted by Gasteiger charge is -2.32. The number of likely N-dealkylation sites (tertiary alicyclic amines) is 1. The lowest BCUT2D eigenvalue weighted by molar-refractivity contribution is -0.132. The number of benzene rings is 3. The molecule has 0 spiro atoms. The molecular formula is C30H29N3O4. The Hall–Kier alpha value is -4.13. The number of hydrogen-bond acceptors (Lipinski definition) is 4. The molecule has 0 radical (unpaired) electrons. The highest BCUT2D eigenvalue weighted by atomic mass is 16.5. The molecule has 1 saturated heterocycles. The van der Waals surface area contributed by atoms with Crippen LogP contribution in [0.5, 0.6) is 5.75 Å². The lowest BCUT2D eigenvalue weighted by atomic mass is 9.89. The van der Waals surface area contributed by atoms with Gasteiger partial charge in [0.2, 0.25) is 5.91 Å². The molecular weight excluding hydrogens is 466 g/mol. The molecule has 1 aromatic heterocycles. The van der Waals surface area contributed by atoms with Gasteiger partial charge >= 0.3 is 0 Å². The lowest BCUT2D eigenvalue weighted by Crippen LogP contribution is -2.42. The maximum absolute atomic E-state index is 13.1. The molecule has 3 amide bonds. The number of hydrogen-bond donors (Lipinski definition) is 1. The Morgan fingerprint density at radius 1 is 1.00 bits per heavy atom. The zero-order valence-corrected chi connectivity index (χ0v) is 20.8. The summed E-state index contributed by atoms with van der Waals surface area (Å²) in [6.45, 7) is 1.65. The second-order valence-corrected chi connectivity index (χ2v) is 9.89. The molecule has 0 unspecified atom stereocenters. The summed E-state index contributed by atoms with van der Waals surface area (Å²) in [6.07, 6.45) is 4.66. The number of imide groups is 1. The van der Waals surface area contributed by atoms with E-state index in [1.165, 1.54) is 15.8 Å². The van der Waals surface area contributed by atoms with Gasteiger partial charge in [-0.25, -0.2) is 0 Å². The van der Waals surface area contributed by atoms with E-state index in [0.29, 0.717) is 43.0 Å². The fourth-order valence-corrected chi connectivity index (χ4v) is 5.86. The molecule has 4 aromatic rings. The zero-order valence-electron chi connectivity index (χ0n) is 20.8. The van der Waals surface area contributed by atoms with Crippen LogP contribution in [-0.4, -0.2) is 59.2 Å². The van der Waals surface area contributed by atoms with Crippen LogP contribution < -0.4 is 4.74 Å². The number of fused-ring (bicyclic) bond motifs is 1. The number of nitrogens with one attached hydrogen (secondary N) is 1. The van der Waals surface area contributed by atoms with Gasteiger partial charge in [-0.3, -0.25) is 19.3 Å². The summed E-state index contributed by atoms with van der Waals surface area (Å²) in [6, 6.07) is 17.1. The average Bonchev–Trinajstić information content (AvgIpc) is 3.36. The van der Waals surface area contributed by atoms with Crippen LogP contribution in [-0.2, 0) is 4.79 Å². The number of amides is 3. The van der Waals surface area contributed by atoms with E-state index < -0.39 is 0 Å². The summed E-state index contributed by atoms with van der Waals surface area (Å²) < 4.78 is 5.40. The SMILES string of the molecule is COc1ccc2[nH]cc(C3CCN(C(=O)CCCN4C(=O)c5cccc6cccc(c56)C4=O)CC3)c2c1. The molecule has 1 N–H and O–H groups in total. The average molecular weight is 496 g/mol. The molecule has 7 heteroatoms. The first-order chi connectivity index (χ1) is 18.0. The van der Waals surface area contributed by atoms with Crippen molar-refractivity contribution in [3.63, 3.8) is 0 Å². The Balaban J connectivity index is 1.06. The van der Waals surface area contributed by atoms with Gasteiger partial charge < -0.3 is 14.6 Å². The molecule has 2 aliphatic rings. The van der Waals surface area contributed by atoms with E-state index in [-0.39, 0.29) is 24.3 Å². The number of methoxy groups -OCH3 is 1. The fraction of sp³-hybridized carbons (Fsp3) is 0.300. The van der Waals surface area contributed by atoms with E-state index in [1.807, 2.05) is 41.3 Å². The summed E-state index contributed by atoms with van der Waals surface area (Å²) in [5.41, 5.74) is 3.47.